The molecule has 0 saturated heterocycles. The Morgan fingerprint density at radius 1 is 1.04 bits per heavy atom. The van der Waals surface area contributed by atoms with Crippen LogP contribution >= 0.6 is 0 Å². The van der Waals surface area contributed by atoms with E-state index in [1.165, 1.54) is 63.6 Å². The number of hydrogen-bond acceptors (Lipinski definition) is 5. The molecule has 0 aliphatic heterocycles. The SMILES string of the molecule is COc1cc(C(=O)N(C)CC(=O)Nc2cccc(F)c2)cc(OC)c1OC. The van der Waals surface area contributed by atoms with Gasteiger partial charge in [-0.25, -0.2) is 4.39 Å². The minimum atomic E-state index is -0.463. The van der Waals surface area contributed by atoms with Crippen molar-refractivity contribution in [2.75, 3.05) is 40.2 Å². The molecular formula is C19H21FN2O5. The molecule has 0 spiro atoms. The number of rotatable bonds is 7. The lowest BCUT2D eigenvalue weighted by atomic mass is 10.1. The van der Waals surface area contributed by atoms with Crippen molar-refractivity contribution in [1.29, 1.82) is 0 Å². The summed E-state index contributed by atoms with van der Waals surface area (Å²) in [5.74, 6) is -0.305. The van der Waals surface area contributed by atoms with Crippen molar-refractivity contribution in [3.8, 4) is 17.2 Å². The summed E-state index contributed by atoms with van der Waals surface area (Å²) in [5.41, 5.74) is 0.583. The third-order valence-electron chi connectivity index (χ3n) is 3.75. The maximum atomic E-state index is 13.2. The Kier molecular flexibility index (Phi) is 6.59. The van der Waals surface area contributed by atoms with Gasteiger partial charge >= 0.3 is 0 Å². The Labute approximate surface area is 156 Å². The molecule has 0 aliphatic carbocycles. The first-order valence-corrected chi connectivity index (χ1v) is 8.00. The largest absolute Gasteiger partial charge is 0.493 e. The van der Waals surface area contributed by atoms with Crippen molar-refractivity contribution in [2.24, 2.45) is 0 Å². The van der Waals surface area contributed by atoms with Gasteiger partial charge in [-0.2, -0.15) is 0 Å². The minimum absolute atomic E-state index is 0.216. The van der Waals surface area contributed by atoms with Gasteiger partial charge in [0.05, 0.1) is 27.9 Å². The molecule has 0 aliphatic rings. The molecule has 1 N–H and O–H groups in total. The minimum Gasteiger partial charge on any atom is -0.493 e. The molecule has 2 rings (SSSR count). The van der Waals surface area contributed by atoms with Crippen molar-refractivity contribution in [3.63, 3.8) is 0 Å². The third kappa shape index (κ3) is 4.87. The lowest BCUT2D eigenvalue weighted by Gasteiger charge is -2.19. The number of anilines is 1. The molecule has 0 saturated carbocycles. The summed E-state index contributed by atoms with van der Waals surface area (Å²) in [5, 5.41) is 2.54. The number of nitrogens with one attached hydrogen (secondary N) is 1. The number of methoxy groups -OCH3 is 3. The van der Waals surface area contributed by atoms with Crippen LogP contribution in [0.15, 0.2) is 36.4 Å². The van der Waals surface area contributed by atoms with Crippen LogP contribution in [0.25, 0.3) is 0 Å². The van der Waals surface area contributed by atoms with Crippen LogP contribution < -0.4 is 19.5 Å². The summed E-state index contributed by atoms with van der Waals surface area (Å²) in [7, 11) is 5.84. The summed E-state index contributed by atoms with van der Waals surface area (Å²) < 4.78 is 28.9. The maximum absolute atomic E-state index is 13.2. The predicted octanol–water partition coefficient (Wildman–Crippen LogP) is 2.56. The number of halogens is 1. The first-order valence-electron chi connectivity index (χ1n) is 8.00. The molecule has 8 heteroatoms. The molecular weight excluding hydrogens is 355 g/mol. The van der Waals surface area contributed by atoms with E-state index in [-0.39, 0.29) is 12.1 Å². The van der Waals surface area contributed by atoms with Crippen LogP contribution in [0.5, 0.6) is 17.2 Å². The Morgan fingerprint density at radius 3 is 2.19 bits per heavy atom. The van der Waals surface area contributed by atoms with Gasteiger partial charge in [0, 0.05) is 18.3 Å². The Hall–Kier alpha value is -3.29. The summed E-state index contributed by atoms with van der Waals surface area (Å²) in [6.07, 6.45) is 0. The monoisotopic (exact) mass is 376 g/mol. The van der Waals surface area contributed by atoms with Gasteiger partial charge in [0.2, 0.25) is 11.7 Å². The van der Waals surface area contributed by atoms with E-state index in [2.05, 4.69) is 5.32 Å². The standard InChI is InChI=1S/C19H21FN2O5/c1-22(11-17(23)21-14-7-5-6-13(20)10-14)19(24)12-8-15(25-2)18(27-4)16(9-12)26-3/h5-10H,11H2,1-4H3,(H,21,23). The molecule has 2 aromatic carbocycles. The van der Waals surface area contributed by atoms with Gasteiger partial charge in [0.1, 0.15) is 5.82 Å². The number of amides is 2. The lowest BCUT2D eigenvalue weighted by molar-refractivity contribution is -0.116. The van der Waals surface area contributed by atoms with Crippen LogP contribution in [0.3, 0.4) is 0 Å². The van der Waals surface area contributed by atoms with Crippen LogP contribution in [-0.4, -0.2) is 51.6 Å². The van der Waals surface area contributed by atoms with Crippen LogP contribution in [0.2, 0.25) is 0 Å². The molecule has 7 nitrogen and oxygen atoms in total. The van der Waals surface area contributed by atoms with E-state index in [9.17, 15) is 14.0 Å². The predicted molar refractivity (Wildman–Crippen MR) is 98.1 cm³/mol. The highest BCUT2D eigenvalue weighted by molar-refractivity contribution is 6.00. The quantitative estimate of drug-likeness (QED) is 0.804. The molecule has 144 valence electrons. The molecule has 2 aromatic rings. The third-order valence-corrected chi connectivity index (χ3v) is 3.75. The number of ether oxygens (including phenoxy) is 3. The highest BCUT2D eigenvalue weighted by Gasteiger charge is 2.20. The Balaban J connectivity index is 2.13. The van der Waals surface area contributed by atoms with E-state index in [4.69, 9.17) is 14.2 Å². The molecule has 0 unspecified atom stereocenters. The normalized spacial score (nSPS) is 10.1. The van der Waals surface area contributed by atoms with Gasteiger partial charge in [-0.1, -0.05) is 6.07 Å². The van der Waals surface area contributed by atoms with Crippen molar-refractivity contribution in [1.82, 2.24) is 4.90 Å². The van der Waals surface area contributed by atoms with E-state index in [0.29, 0.717) is 22.9 Å². The second-order valence-electron chi connectivity index (χ2n) is 5.63. The summed E-state index contributed by atoms with van der Waals surface area (Å²) in [6, 6.07) is 8.52. The van der Waals surface area contributed by atoms with Crippen LogP contribution in [0, 0.1) is 5.82 Å². The number of hydrogen-bond donors (Lipinski definition) is 1. The maximum Gasteiger partial charge on any atom is 0.254 e. The van der Waals surface area contributed by atoms with Gasteiger partial charge in [-0.05, 0) is 30.3 Å². The topological polar surface area (TPSA) is 77.1 Å². The average Bonchev–Trinajstić information content (AvgIpc) is 2.65. The molecule has 0 radical (unpaired) electrons. The van der Waals surface area contributed by atoms with Gasteiger partial charge < -0.3 is 24.4 Å². The highest BCUT2D eigenvalue weighted by Crippen LogP contribution is 2.38. The average molecular weight is 376 g/mol. The zero-order valence-electron chi connectivity index (χ0n) is 15.5. The molecule has 0 fully saturated rings. The number of carbonyl (C=O) groups excluding carboxylic acids is 2. The van der Waals surface area contributed by atoms with E-state index in [0.717, 1.165) is 0 Å². The molecule has 27 heavy (non-hydrogen) atoms. The second-order valence-corrected chi connectivity index (χ2v) is 5.63. The summed E-state index contributed by atoms with van der Waals surface area (Å²) in [4.78, 5) is 26.0. The fraction of sp³-hybridized carbons (Fsp3) is 0.263. The van der Waals surface area contributed by atoms with Crippen LogP contribution in [0.4, 0.5) is 10.1 Å². The van der Waals surface area contributed by atoms with Gasteiger partial charge in [-0.15, -0.1) is 0 Å². The summed E-state index contributed by atoms with van der Waals surface area (Å²) >= 11 is 0. The molecule has 0 aromatic heterocycles. The van der Waals surface area contributed by atoms with Crippen molar-refractivity contribution in [3.05, 3.63) is 47.8 Å². The van der Waals surface area contributed by atoms with E-state index in [1.54, 1.807) is 6.07 Å². The second kappa shape index (κ2) is 8.88. The Morgan fingerprint density at radius 2 is 1.67 bits per heavy atom. The van der Waals surface area contributed by atoms with Crippen molar-refractivity contribution < 1.29 is 28.2 Å². The van der Waals surface area contributed by atoms with Gasteiger partial charge in [0.15, 0.2) is 11.5 Å². The van der Waals surface area contributed by atoms with Crippen molar-refractivity contribution >= 4 is 17.5 Å². The van der Waals surface area contributed by atoms with E-state index >= 15 is 0 Å². The van der Waals surface area contributed by atoms with Crippen molar-refractivity contribution in [2.45, 2.75) is 0 Å². The molecule has 0 atom stereocenters. The van der Waals surface area contributed by atoms with E-state index in [1.807, 2.05) is 0 Å². The highest BCUT2D eigenvalue weighted by atomic mass is 19.1. The fourth-order valence-corrected chi connectivity index (χ4v) is 2.48. The first-order chi connectivity index (χ1) is 12.9. The van der Waals surface area contributed by atoms with Gasteiger partial charge in [0.25, 0.3) is 5.91 Å². The first kappa shape index (κ1) is 20.0. The number of likely N-dealkylation sites (N-methyl/N-ethyl adjacent to an activating group) is 1. The number of carbonyl (C=O) groups is 2. The van der Waals surface area contributed by atoms with E-state index < -0.39 is 17.6 Å². The lowest BCUT2D eigenvalue weighted by Crippen LogP contribution is -2.35. The molecule has 2 amide bonds. The smallest absolute Gasteiger partial charge is 0.254 e. The number of benzene rings is 2. The fourth-order valence-electron chi connectivity index (χ4n) is 2.48. The summed E-state index contributed by atoms with van der Waals surface area (Å²) in [6.45, 7) is -0.216. The zero-order chi connectivity index (χ0) is 20.0. The Bertz CT molecular complexity index is 816. The van der Waals surface area contributed by atoms with Gasteiger partial charge in [-0.3, -0.25) is 9.59 Å². The number of nitrogens with zero attached hydrogens (tertiary/aromatic N) is 1. The van der Waals surface area contributed by atoms with Crippen LogP contribution in [0.1, 0.15) is 10.4 Å². The van der Waals surface area contributed by atoms with Crippen LogP contribution in [-0.2, 0) is 4.79 Å². The molecule has 0 bridgehead atoms. The zero-order valence-corrected chi connectivity index (χ0v) is 15.5. The molecule has 0 heterocycles.